The van der Waals surface area contributed by atoms with Gasteiger partial charge < -0.3 is 14.5 Å². The average molecular weight is 359 g/mol. The molecule has 6 heteroatoms. The summed E-state index contributed by atoms with van der Waals surface area (Å²) in [7, 11) is 1.31. The van der Waals surface area contributed by atoms with Gasteiger partial charge in [-0.05, 0) is 53.2 Å². The Kier molecular flexibility index (Phi) is 4.73. The lowest BCUT2D eigenvalue weighted by atomic mass is 10.2. The van der Waals surface area contributed by atoms with Crippen molar-refractivity contribution < 1.29 is 13.9 Å². The van der Waals surface area contributed by atoms with E-state index < -0.39 is 5.97 Å². The Morgan fingerprint density at radius 1 is 1.40 bits per heavy atom. The summed E-state index contributed by atoms with van der Waals surface area (Å²) in [6, 6.07) is 8.67. The highest BCUT2D eigenvalue weighted by molar-refractivity contribution is 9.10. The van der Waals surface area contributed by atoms with Gasteiger partial charge in [0, 0.05) is 9.50 Å². The summed E-state index contributed by atoms with van der Waals surface area (Å²) in [5, 5.41) is 3.90. The molecule has 0 saturated heterocycles. The van der Waals surface area contributed by atoms with Gasteiger partial charge in [-0.3, -0.25) is 0 Å². The van der Waals surface area contributed by atoms with Crippen LogP contribution in [0, 0.1) is 0 Å². The molecule has 1 atom stereocenters. The Labute approximate surface area is 130 Å². The predicted octanol–water partition coefficient (Wildman–Crippen LogP) is 4.66. The fourth-order valence-electron chi connectivity index (χ4n) is 1.71. The second-order valence-electron chi connectivity index (χ2n) is 4.18. The van der Waals surface area contributed by atoms with E-state index in [-0.39, 0.29) is 11.8 Å². The van der Waals surface area contributed by atoms with Crippen molar-refractivity contribution in [1.29, 1.82) is 0 Å². The molecule has 4 nitrogen and oxygen atoms in total. The number of hydrogen-bond donors (Lipinski definition) is 1. The minimum atomic E-state index is -0.493. The van der Waals surface area contributed by atoms with Gasteiger partial charge in [-0.25, -0.2) is 4.79 Å². The number of esters is 1. The van der Waals surface area contributed by atoms with Crippen LogP contribution in [0.1, 0.15) is 29.3 Å². The molecule has 0 saturated carbocycles. The molecular formula is C14H13BrClNO3. The third kappa shape index (κ3) is 3.35. The monoisotopic (exact) mass is 357 g/mol. The smallest absolute Gasteiger partial charge is 0.373 e. The van der Waals surface area contributed by atoms with Gasteiger partial charge in [0.05, 0.1) is 18.8 Å². The minimum absolute atomic E-state index is 0.122. The van der Waals surface area contributed by atoms with Crippen LogP contribution in [0.5, 0.6) is 0 Å². The van der Waals surface area contributed by atoms with Gasteiger partial charge in [0.1, 0.15) is 5.76 Å². The fraction of sp³-hybridized carbons (Fsp3) is 0.214. The van der Waals surface area contributed by atoms with Crippen LogP contribution in [0.15, 0.2) is 39.2 Å². The van der Waals surface area contributed by atoms with Crippen molar-refractivity contribution >= 4 is 39.2 Å². The molecule has 0 fully saturated rings. The van der Waals surface area contributed by atoms with E-state index in [9.17, 15) is 4.79 Å². The number of methoxy groups -OCH3 is 1. The van der Waals surface area contributed by atoms with E-state index in [2.05, 4.69) is 26.0 Å². The van der Waals surface area contributed by atoms with Gasteiger partial charge in [-0.15, -0.1) is 0 Å². The molecule has 1 aromatic heterocycles. The van der Waals surface area contributed by atoms with Crippen LogP contribution in [0.25, 0.3) is 0 Å². The van der Waals surface area contributed by atoms with Gasteiger partial charge in [0.15, 0.2) is 0 Å². The van der Waals surface area contributed by atoms with Crippen molar-refractivity contribution in [3.63, 3.8) is 0 Å². The van der Waals surface area contributed by atoms with Crippen LogP contribution >= 0.6 is 27.5 Å². The third-order valence-corrected chi connectivity index (χ3v) is 3.67. The number of carbonyl (C=O) groups is 1. The van der Waals surface area contributed by atoms with E-state index in [1.807, 2.05) is 19.1 Å². The molecule has 2 rings (SSSR count). The molecule has 20 heavy (non-hydrogen) atoms. The Bertz CT molecular complexity index is 627. The summed E-state index contributed by atoms with van der Waals surface area (Å²) in [6.07, 6.45) is 0. The molecule has 0 aliphatic heterocycles. The fourth-order valence-corrected chi connectivity index (χ4v) is 2.24. The zero-order valence-electron chi connectivity index (χ0n) is 10.9. The standard InChI is InChI=1S/C14H13BrClNO3/c1-8(12-5-6-13(20-12)14(18)19-2)17-11-7-9(16)3-4-10(11)15/h3-8,17H,1-2H3. The normalized spacial score (nSPS) is 12.0. The number of benzene rings is 1. The number of nitrogens with one attached hydrogen (secondary N) is 1. The summed E-state index contributed by atoms with van der Waals surface area (Å²) >= 11 is 9.41. The highest BCUT2D eigenvalue weighted by Crippen LogP contribution is 2.29. The number of furan rings is 1. The van der Waals surface area contributed by atoms with Crippen molar-refractivity contribution in [2.45, 2.75) is 13.0 Å². The SMILES string of the molecule is COC(=O)c1ccc(C(C)Nc2cc(Cl)ccc2Br)o1. The molecule has 1 unspecified atom stereocenters. The van der Waals surface area contributed by atoms with E-state index in [4.69, 9.17) is 16.0 Å². The lowest BCUT2D eigenvalue weighted by Gasteiger charge is -2.14. The van der Waals surface area contributed by atoms with Crippen LogP contribution in [0.4, 0.5) is 5.69 Å². The molecule has 0 spiro atoms. The quantitative estimate of drug-likeness (QED) is 0.808. The van der Waals surface area contributed by atoms with Crippen molar-refractivity contribution in [3.05, 3.63) is 51.3 Å². The Morgan fingerprint density at radius 2 is 2.15 bits per heavy atom. The number of rotatable bonds is 4. The second-order valence-corrected chi connectivity index (χ2v) is 5.47. The first-order valence-corrected chi connectivity index (χ1v) is 7.08. The lowest BCUT2D eigenvalue weighted by Crippen LogP contribution is -2.06. The van der Waals surface area contributed by atoms with Crippen molar-refractivity contribution in [3.8, 4) is 0 Å². The molecule has 0 radical (unpaired) electrons. The van der Waals surface area contributed by atoms with E-state index in [0.29, 0.717) is 10.8 Å². The highest BCUT2D eigenvalue weighted by Gasteiger charge is 2.16. The van der Waals surface area contributed by atoms with E-state index in [1.54, 1.807) is 18.2 Å². The van der Waals surface area contributed by atoms with Gasteiger partial charge in [-0.1, -0.05) is 11.6 Å². The predicted molar refractivity (Wildman–Crippen MR) is 81.2 cm³/mol. The zero-order chi connectivity index (χ0) is 14.7. The summed E-state index contributed by atoms with van der Waals surface area (Å²) in [5.41, 5.74) is 0.848. The van der Waals surface area contributed by atoms with Crippen molar-refractivity contribution in [2.75, 3.05) is 12.4 Å². The summed E-state index contributed by atoms with van der Waals surface area (Å²) < 4.78 is 11.0. The van der Waals surface area contributed by atoms with Gasteiger partial charge in [0.25, 0.3) is 0 Å². The van der Waals surface area contributed by atoms with Crippen LogP contribution in [-0.4, -0.2) is 13.1 Å². The van der Waals surface area contributed by atoms with Gasteiger partial charge in [0.2, 0.25) is 5.76 Å². The van der Waals surface area contributed by atoms with Crippen LogP contribution < -0.4 is 5.32 Å². The first kappa shape index (κ1) is 14.9. The van der Waals surface area contributed by atoms with E-state index in [0.717, 1.165) is 10.2 Å². The molecular weight excluding hydrogens is 346 g/mol. The molecule has 0 amide bonds. The molecule has 0 aliphatic rings. The van der Waals surface area contributed by atoms with E-state index in [1.165, 1.54) is 7.11 Å². The average Bonchev–Trinajstić information content (AvgIpc) is 2.91. The maximum absolute atomic E-state index is 11.3. The molecule has 1 aromatic carbocycles. The first-order chi connectivity index (χ1) is 9.51. The summed E-state index contributed by atoms with van der Waals surface area (Å²) in [5.74, 6) is 0.325. The van der Waals surface area contributed by atoms with Crippen molar-refractivity contribution in [2.24, 2.45) is 0 Å². The number of ether oxygens (including phenoxy) is 1. The van der Waals surface area contributed by atoms with Crippen LogP contribution in [0.2, 0.25) is 5.02 Å². The molecule has 1 heterocycles. The Morgan fingerprint density at radius 3 is 2.85 bits per heavy atom. The van der Waals surface area contributed by atoms with Gasteiger partial charge >= 0.3 is 5.97 Å². The van der Waals surface area contributed by atoms with Crippen LogP contribution in [0.3, 0.4) is 0 Å². The Hall–Kier alpha value is -1.46. The Balaban J connectivity index is 2.15. The molecule has 0 aliphatic carbocycles. The first-order valence-electron chi connectivity index (χ1n) is 5.91. The number of halogens is 2. The van der Waals surface area contributed by atoms with Crippen LogP contribution in [-0.2, 0) is 4.74 Å². The van der Waals surface area contributed by atoms with Gasteiger partial charge in [-0.2, -0.15) is 0 Å². The summed E-state index contributed by atoms with van der Waals surface area (Å²) in [6.45, 7) is 1.92. The molecule has 2 aromatic rings. The second kappa shape index (κ2) is 6.33. The lowest BCUT2D eigenvalue weighted by molar-refractivity contribution is 0.0562. The maximum atomic E-state index is 11.3. The maximum Gasteiger partial charge on any atom is 0.373 e. The molecule has 0 bridgehead atoms. The molecule has 106 valence electrons. The third-order valence-electron chi connectivity index (χ3n) is 2.74. The van der Waals surface area contributed by atoms with Crippen molar-refractivity contribution in [1.82, 2.24) is 0 Å². The minimum Gasteiger partial charge on any atom is -0.463 e. The number of anilines is 1. The molecule has 1 N–H and O–H groups in total. The zero-order valence-corrected chi connectivity index (χ0v) is 13.3. The number of carbonyl (C=O) groups excluding carboxylic acids is 1. The number of hydrogen-bond acceptors (Lipinski definition) is 4. The summed E-state index contributed by atoms with van der Waals surface area (Å²) in [4.78, 5) is 11.3. The van der Waals surface area contributed by atoms with E-state index >= 15 is 0 Å². The topological polar surface area (TPSA) is 51.5 Å². The largest absolute Gasteiger partial charge is 0.463 e. The highest BCUT2D eigenvalue weighted by atomic mass is 79.9.